The van der Waals surface area contributed by atoms with E-state index in [1.807, 2.05) is 12.3 Å². The van der Waals surface area contributed by atoms with Crippen LogP contribution in [0.25, 0.3) is 11.3 Å². The van der Waals surface area contributed by atoms with Crippen LogP contribution in [-0.4, -0.2) is 15.6 Å². The molecule has 1 aromatic heterocycles. The standard InChI is InChI=1S/C20H20N4O2S/c1-12-9-13(2)19(14(3)10-12)15(4)22-23-20-21-18(11-27-20)16-5-7-17(8-6-16)24(25)26/h5-11H,1-4H3,(H,21,23)/b22-15-. The lowest BCUT2D eigenvalue weighted by atomic mass is 9.97. The van der Waals surface area contributed by atoms with Gasteiger partial charge in [-0.25, -0.2) is 4.98 Å². The summed E-state index contributed by atoms with van der Waals surface area (Å²) in [6.45, 7) is 8.24. The molecule has 3 rings (SSSR count). The number of aryl methyl sites for hydroxylation is 3. The molecule has 27 heavy (non-hydrogen) atoms. The summed E-state index contributed by atoms with van der Waals surface area (Å²) in [4.78, 5) is 14.9. The summed E-state index contributed by atoms with van der Waals surface area (Å²) < 4.78 is 0. The van der Waals surface area contributed by atoms with Crippen molar-refractivity contribution in [2.24, 2.45) is 5.10 Å². The Hall–Kier alpha value is -3.06. The summed E-state index contributed by atoms with van der Waals surface area (Å²) >= 11 is 1.44. The van der Waals surface area contributed by atoms with E-state index in [-0.39, 0.29) is 5.69 Å². The molecule has 138 valence electrons. The van der Waals surface area contributed by atoms with Crippen molar-refractivity contribution < 1.29 is 4.92 Å². The third kappa shape index (κ3) is 4.20. The van der Waals surface area contributed by atoms with Gasteiger partial charge in [0.2, 0.25) is 5.13 Å². The molecule has 3 aromatic rings. The molecule has 1 heterocycles. The molecule has 0 unspecified atom stereocenters. The molecule has 0 saturated heterocycles. The van der Waals surface area contributed by atoms with E-state index in [1.165, 1.54) is 40.2 Å². The van der Waals surface area contributed by atoms with Gasteiger partial charge in [-0.1, -0.05) is 17.7 Å². The van der Waals surface area contributed by atoms with Crippen LogP contribution in [0.5, 0.6) is 0 Å². The Bertz CT molecular complexity index is 1000. The van der Waals surface area contributed by atoms with Gasteiger partial charge in [-0.15, -0.1) is 11.3 Å². The monoisotopic (exact) mass is 380 g/mol. The normalized spacial score (nSPS) is 11.5. The molecule has 0 aliphatic carbocycles. The highest BCUT2D eigenvalue weighted by Crippen LogP contribution is 2.26. The second-order valence-electron chi connectivity index (χ2n) is 6.42. The SMILES string of the molecule is C/C(=N/Nc1nc(-c2ccc([N+](=O)[O-])cc2)cs1)c1c(C)cc(C)cc1C. The summed E-state index contributed by atoms with van der Waals surface area (Å²) in [7, 11) is 0. The van der Waals surface area contributed by atoms with Crippen LogP contribution in [0.2, 0.25) is 0 Å². The molecule has 0 bridgehead atoms. The second kappa shape index (κ2) is 7.67. The molecule has 1 N–H and O–H groups in total. The number of thiazole rings is 1. The molecule has 7 heteroatoms. The summed E-state index contributed by atoms with van der Waals surface area (Å²) in [6.07, 6.45) is 0. The van der Waals surface area contributed by atoms with Gasteiger partial charge in [-0.05, 0) is 51.0 Å². The van der Waals surface area contributed by atoms with Crippen LogP contribution in [-0.2, 0) is 0 Å². The maximum atomic E-state index is 10.8. The molecule has 0 spiro atoms. The van der Waals surface area contributed by atoms with E-state index in [0.717, 1.165) is 22.5 Å². The highest BCUT2D eigenvalue weighted by atomic mass is 32.1. The van der Waals surface area contributed by atoms with Gasteiger partial charge in [0.1, 0.15) is 0 Å². The van der Waals surface area contributed by atoms with Crippen LogP contribution in [0.3, 0.4) is 0 Å². The number of nitrogens with one attached hydrogen (secondary N) is 1. The molecule has 0 amide bonds. The number of benzene rings is 2. The van der Waals surface area contributed by atoms with E-state index >= 15 is 0 Å². The van der Waals surface area contributed by atoms with Crippen LogP contribution >= 0.6 is 11.3 Å². The van der Waals surface area contributed by atoms with Crippen molar-refractivity contribution in [3.8, 4) is 11.3 Å². The molecule has 0 radical (unpaired) electrons. The van der Waals surface area contributed by atoms with Gasteiger partial charge in [-0.2, -0.15) is 5.10 Å². The topological polar surface area (TPSA) is 80.4 Å². The highest BCUT2D eigenvalue weighted by molar-refractivity contribution is 7.14. The zero-order valence-electron chi connectivity index (χ0n) is 15.6. The Morgan fingerprint density at radius 1 is 1.15 bits per heavy atom. The fraction of sp³-hybridized carbons (Fsp3) is 0.200. The minimum atomic E-state index is -0.412. The number of nitrogens with zero attached hydrogens (tertiary/aromatic N) is 3. The summed E-state index contributed by atoms with van der Waals surface area (Å²) in [5, 5.41) is 17.8. The van der Waals surface area contributed by atoms with E-state index in [9.17, 15) is 10.1 Å². The van der Waals surface area contributed by atoms with E-state index in [0.29, 0.717) is 5.13 Å². The summed E-state index contributed by atoms with van der Waals surface area (Å²) in [6, 6.07) is 10.7. The number of aromatic nitrogens is 1. The lowest BCUT2D eigenvalue weighted by Gasteiger charge is -2.10. The predicted octanol–water partition coefficient (Wildman–Crippen LogP) is 5.48. The summed E-state index contributed by atoms with van der Waals surface area (Å²) in [5.74, 6) is 0. The average molecular weight is 380 g/mol. The molecule has 0 aliphatic heterocycles. The first-order valence-corrected chi connectivity index (χ1v) is 9.32. The number of hydrogen-bond donors (Lipinski definition) is 1. The van der Waals surface area contributed by atoms with Crippen molar-refractivity contribution in [1.82, 2.24) is 4.98 Å². The van der Waals surface area contributed by atoms with Crippen molar-refractivity contribution in [2.45, 2.75) is 27.7 Å². The van der Waals surface area contributed by atoms with Crippen LogP contribution in [0, 0.1) is 30.9 Å². The van der Waals surface area contributed by atoms with E-state index < -0.39 is 4.92 Å². The highest BCUT2D eigenvalue weighted by Gasteiger charge is 2.10. The number of rotatable bonds is 5. The Balaban J connectivity index is 1.78. The number of hydrogen-bond acceptors (Lipinski definition) is 6. The van der Waals surface area contributed by atoms with Gasteiger partial charge in [0.15, 0.2) is 0 Å². The van der Waals surface area contributed by atoms with Crippen molar-refractivity contribution in [3.05, 3.63) is 74.1 Å². The molecule has 0 fully saturated rings. The fourth-order valence-corrected chi connectivity index (χ4v) is 3.81. The molecule has 0 aliphatic rings. The van der Waals surface area contributed by atoms with Crippen LogP contribution in [0.15, 0.2) is 46.9 Å². The van der Waals surface area contributed by atoms with Crippen LogP contribution in [0.4, 0.5) is 10.8 Å². The van der Waals surface area contributed by atoms with E-state index in [4.69, 9.17) is 0 Å². The number of hydrazone groups is 1. The molecular formula is C20H20N4O2S. The molecule has 2 aromatic carbocycles. The number of non-ortho nitro benzene ring substituents is 1. The van der Waals surface area contributed by atoms with Crippen molar-refractivity contribution in [3.63, 3.8) is 0 Å². The first-order chi connectivity index (χ1) is 12.8. The van der Waals surface area contributed by atoms with Crippen molar-refractivity contribution in [1.29, 1.82) is 0 Å². The van der Waals surface area contributed by atoms with Crippen LogP contribution in [0.1, 0.15) is 29.2 Å². The second-order valence-corrected chi connectivity index (χ2v) is 7.28. The van der Waals surface area contributed by atoms with Crippen LogP contribution < -0.4 is 5.43 Å². The Kier molecular flexibility index (Phi) is 5.32. The zero-order chi connectivity index (χ0) is 19.6. The number of nitro benzene ring substituents is 1. The van der Waals surface area contributed by atoms with E-state index in [2.05, 4.69) is 48.4 Å². The minimum absolute atomic E-state index is 0.0661. The largest absolute Gasteiger partial charge is 0.269 e. The number of nitro groups is 1. The van der Waals surface area contributed by atoms with E-state index in [1.54, 1.807) is 12.1 Å². The quantitative estimate of drug-likeness (QED) is 0.361. The lowest BCUT2D eigenvalue weighted by molar-refractivity contribution is -0.384. The maximum absolute atomic E-state index is 10.8. The predicted molar refractivity (Wildman–Crippen MR) is 111 cm³/mol. The third-order valence-corrected chi connectivity index (χ3v) is 4.98. The Morgan fingerprint density at radius 3 is 2.37 bits per heavy atom. The maximum Gasteiger partial charge on any atom is 0.269 e. The van der Waals surface area contributed by atoms with Gasteiger partial charge < -0.3 is 0 Å². The Morgan fingerprint density at radius 2 is 1.78 bits per heavy atom. The molecular weight excluding hydrogens is 360 g/mol. The lowest BCUT2D eigenvalue weighted by Crippen LogP contribution is -2.05. The third-order valence-electron chi connectivity index (χ3n) is 4.24. The molecule has 0 saturated carbocycles. The zero-order valence-corrected chi connectivity index (χ0v) is 16.4. The molecule has 6 nitrogen and oxygen atoms in total. The van der Waals surface area contributed by atoms with Gasteiger partial charge in [0.25, 0.3) is 5.69 Å². The fourth-order valence-electron chi connectivity index (χ4n) is 3.15. The molecule has 0 atom stereocenters. The van der Waals surface area contributed by atoms with Crippen molar-refractivity contribution >= 4 is 27.9 Å². The number of anilines is 1. The first-order valence-electron chi connectivity index (χ1n) is 8.44. The van der Waals surface area contributed by atoms with Crippen molar-refractivity contribution in [2.75, 3.05) is 5.43 Å². The van der Waals surface area contributed by atoms with Gasteiger partial charge in [-0.3, -0.25) is 15.5 Å². The van der Waals surface area contributed by atoms with Gasteiger partial charge in [0, 0.05) is 28.6 Å². The van der Waals surface area contributed by atoms with Gasteiger partial charge >= 0.3 is 0 Å². The minimum Gasteiger partial charge on any atom is -0.258 e. The smallest absolute Gasteiger partial charge is 0.258 e. The first kappa shape index (κ1) is 18.7. The average Bonchev–Trinajstić information content (AvgIpc) is 3.08. The Labute approximate surface area is 161 Å². The summed E-state index contributed by atoms with van der Waals surface area (Å²) in [5.41, 5.74) is 10.3. The van der Waals surface area contributed by atoms with Gasteiger partial charge in [0.05, 0.1) is 16.3 Å².